The number of hydrogen-bond donors (Lipinski definition) is 2. The molecular weight excluding hydrogens is 572 g/mol. The number of carbonyl (C=O) groups excluding carboxylic acids is 3. The van der Waals surface area contributed by atoms with Crippen LogP contribution in [0.15, 0.2) is 36.0 Å². The summed E-state index contributed by atoms with van der Waals surface area (Å²) in [4.78, 5) is 37.9. The first-order chi connectivity index (χ1) is 20.3. The number of epoxide rings is 1. The fourth-order valence-electron chi connectivity index (χ4n) is 5.59. The Hall–Kier alpha value is -2.18. The molecule has 2 amide bonds. The maximum absolute atomic E-state index is 12.7. The van der Waals surface area contributed by atoms with Crippen LogP contribution in [0.25, 0.3) is 0 Å². The Bertz CT molecular complexity index is 1060. The van der Waals surface area contributed by atoms with Gasteiger partial charge in [-0.15, -0.1) is 0 Å². The number of ether oxygens (including phenoxy) is 4. The summed E-state index contributed by atoms with van der Waals surface area (Å²) in [6, 6.07) is -0.121. The van der Waals surface area contributed by atoms with Crippen molar-refractivity contribution in [2.75, 3.05) is 32.2 Å². The van der Waals surface area contributed by atoms with Crippen molar-refractivity contribution in [3.63, 3.8) is 0 Å². The lowest BCUT2D eigenvalue weighted by Crippen LogP contribution is -2.51. The van der Waals surface area contributed by atoms with Gasteiger partial charge in [-0.05, 0) is 51.9 Å². The van der Waals surface area contributed by atoms with E-state index in [4.69, 9.17) is 18.9 Å². The molecule has 3 rings (SSSR count). The van der Waals surface area contributed by atoms with Crippen LogP contribution in [0.4, 0.5) is 0 Å². The topological polar surface area (TPSA) is 127 Å². The number of hydrogen-bond acceptors (Lipinski definition) is 9. The first-order valence-electron chi connectivity index (χ1n) is 15.2. The van der Waals surface area contributed by atoms with Gasteiger partial charge in [-0.2, -0.15) is 11.8 Å². The highest BCUT2D eigenvalue weighted by Crippen LogP contribution is 2.43. The second-order valence-corrected chi connectivity index (χ2v) is 13.1. The van der Waals surface area contributed by atoms with Crippen LogP contribution in [0.2, 0.25) is 0 Å². The van der Waals surface area contributed by atoms with Crippen LogP contribution in [0.3, 0.4) is 0 Å². The van der Waals surface area contributed by atoms with Crippen LogP contribution in [0.1, 0.15) is 60.3 Å². The van der Waals surface area contributed by atoms with Gasteiger partial charge in [0.1, 0.15) is 23.9 Å². The fraction of sp³-hybridized carbons (Fsp3) is 0.719. The SMILES string of the molecule is CSCCN(C)C(=O)C[C@@H]1C[C@@]2(CO2)[C@H](O)[C@@H](/C=C/C(C)=C/C[C@@H]2O[C@H](C)[C@H](NC(=O)/C=C\C(C)OC(C)=O)C[C@@H]2C)O1. The third-order valence-corrected chi connectivity index (χ3v) is 8.97. The van der Waals surface area contributed by atoms with Crippen molar-refractivity contribution in [2.24, 2.45) is 5.92 Å². The molecule has 1 spiro atoms. The van der Waals surface area contributed by atoms with Gasteiger partial charge in [0, 0.05) is 38.8 Å². The molecule has 0 bridgehead atoms. The zero-order chi connectivity index (χ0) is 31.7. The van der Waals surface area contributed by atoms with Crippen LogP contribution >= 0.6 is 11.8 Å². The molecule has 3 saturated heterocycles. The van der Waals surface area contributed by atoms with Crippen molar-refractivity contribution in [3.8, 4) is 0 Å². The van der Waals surface area contributed by atoms with Gasteiger partial charge in [-0.1, -0.05) is 30.7 Å². The molecule has 9 atom stereocenters. The Balaban J connectivity index is 1.50. The van der Waals surface area contributed by atoms with Gasteiger partial charge in [0.05, 0.1) is 37.4 Å². The summed E-state index contributed by atoms with van der Waals surface area (Å²) in [6.07, 6.45) is 10.9. The van der Waals surface area contributed by atoms with Gasteiger partial charge < -0.3 is 34.3 Å². The van der Waals surface area contributed by atoms with E-state index < -0.39 is 29.9 Å². The maximum atomic E-state index is 12.7. The Kier molecular flexibility index (Phi) is 13.3. The van der Waals surface area contributed by atoms with Crippen molar-refractivity contribution < 1.29 is 38.4 Å². The van der Waals surface area contributed by atoms with E-state index in [1.165, 1.54) is 13.0 Å². The smallest absolute Gasteiger partial charge is 0.303 e. The highest BCUT2D eigenvalue weighted by molar-refractivity contribution is 7.98. The minimum Gasteiger partial charge on any atom is -0.459 e. The third-order valence-electron chi connectivity index (χ3n) is 8.38. The first-order valence-corrected chi connectivity index (χ1v) is 16.6. The molecule has 11 heteroatoms. The average molecular weight is 623 g/mol. The fourth-order valence-corrected chi connectivity index (χ4v) is 6.05. The van der Waals surface area contributed by atoms with E-state index in [1.807, 2.05) is 39.3 Å². The molecule has 0 radical (unpaired) electrons. The summed E-state index contributed by atoms with van der Waals surface area (Å²) in [5.41, 5.74) is 0.389. The number of nitrogens with zero attached hydrogens (tertiary/aromatic N) is 1. The van der Waals surface area contributed by atoms with E-state index in [1.54, 1.807) is 29.7 Å². The Morgan fingerprint density at radius 3 is 2.58 bits per heavy atom. The quantitative estimate of drug-likeness (QED) is 0.138. The van der Waals surface area contributed by atoms with Crippen LogP contribution in [-0.4, -0.2) is 108 Å². The van der Waals surface area contributed by atoms with Crippen LogP contribution in [0, 0.1) is 5.92 Å². The Morgan fingerprint density at radius 1 is 1.21 bits per heavy atom. The summed E-state index contributed by atoms with van der Waals surface area (Å²) in [5.74, 6) is 0.504. The Labute approximate surface area is 260 Å². The second-order valence-electron chi connectivity index (χ2n) is 12.2. The van der Waals surface area contributed by atoms with Gasteiger partial charge in [0.15, 0.2) is 0 Å². The molecule has 0 aromatic rings. The van der Waals surface area contributed by atoms with Crippen LogP contribution < -0.4 is 5.32 Å². The van der Waals surface area contributed by atoms with Gasteiger partial charge in [0.2, 0.25) is 11.8 Å². The molecule has 3 heterocycles. The summed E-state index contributed by atoms with van der Waals surface area (Å²) < 4.78 is 23.2. The number of rotatable bonds is 13. The number of nitrogens with one attached hydrogen (secondary N) is 1. The molecular formula is C32H50N2O8S. The number of thioether (sulfide) groups is 1. The standard InChI is InChI=1S/C32H50N2O8S/c1-20(8-11-27-21(2)16-26(23(4)41-27)33-29(36)13-10-22(3)40-24(5)35)9-12-28-31(38)32(19-39-32)18-25(42-28)17-30(37)34(6)14-15-43-7/h8-10,12-13,21-23,25-28,31,38H,11,14-19H2,1-7H3,(H,33,36)/b12-9+,13-10-,20-8+/t21-,22?,23+,25+,26+,27-,28+,31+,32+/m0/s1. The number of aliphatic hydroxyl groups excluding tert-OH is 1. The monoisotopic (exact) mass is 622 g/mol. The maximum Gasteiger partial charge on any atom is 0.303 e. The van der Waals surface area contributed by atoms with Crippen LogP contribution in [0.5, 0.6) is 0 Å². The van der Waals surface area contributed by atoms with Crippen molar-refractivity contribution >= 4 is 29.5 Å². The lowest BCUT2D eigenvalue weighted by molar-refractivity contribution is -0.150. The van der Waals surface area contributed by atoms with E-state index in [0.29, 0.717) is 26.0 Å². The zero-order valence-electron chi connectivity index (χ0n) is 26.6. The number of esters is 1. The normalized spacial score (nSPS) is 33.5. The predicted molar refractivity (Wildman–Crippen MR) is 167 cm³/mol. The van der Waals surface area contributed by atoms with Gasteiger partial charge in [-0.25, -0.2) is 0 Å². The molecule has 3 aliphatic rings. The highest BCUT2D eigenvalue weighted by atomic mass is 32.2. The molecule has 0 aromatic carbocycles. The number of carbonyl (C=O) groups is 3. The molecule has 0 saturated carbocycles. The van der Waals surface area contributed by atoms with Gasteiger partial charge in [-0.3, -0.25) is 14.4 Å². The van der Waals surface area contributed by atoms with E-state index in [9.17, 15) is 19.5 Å². The Morgan fingerprint density at radius 2 is 1.93 bits per heavy atom. The van der Waals surface area contributed by atoms with Crippen molar-refractivity contribution in [2.45, 2.75) is 109 Å². The highest BCUT2D eigenvalue weighted by Gasteiger charge is 2.58. The molecule has 0 aromatic heterocycles. The van der Waals surface area contributed by atoms with Gasteiger partial charge >= 0.3 is 5.97 Å². The average Bonchev–Trinajstić information content (AvgIpc) is 3.72. The first kappa shape index (κ1) is 35.3. The summed E-state index contributed by atoms with van der Waals surface area (Å²) in [6.45, 7) is 10.3. The molecule has 10 nitrogen and oxygen atoms in total. The zero-order valence-corrected chi connectivity index (χ0v) is 27.4. The third kappa shape index (κ3) is 10.7. The van der Waals surface area contributed by atoms with Crippen LogP contribution in [-0.2, 0) is 33.3 Å². The van der Waals surface area contributed by atoms with Crippen molar-refractivity contribution in [1.82, 2.24) is 10.2 Å². The molecule has 242 valence electrons. The summed E-state index contributed by atoms with van der Waals surface area (Å²) in [7, 11) is 1.81. The summed E-state index contributed by atoms with van der Waals surface area (Å²) >= 11 is 1.70. The van der Waals surface area contributed by atoms with E-state index in [2.05, 4.69) is 18.3 Å². The second kappa shape index (κ2) is 16.2. The molecule has 3 aliphatic heterocycles. The molecule has 0 aliphatic carbocycles. The van der Waals surface area contributed by atoms with Crippen molar-refractivity contribution in [1.29, 1.82) is 0 Å². The lowest BCUT2D eigenvalue weighted by atomic mass is 9.87. The van der Waals surface area contributed by atoms with E-state index in [-0.39, 0.29) is 48.5 Å². The van der Waals surface area contributed by atoms with E-state index >= 15 is 0 Å². The predicted octanol–water partition coefficient (Wildman–Crippen LogP) is 3.18. The van der Waals surface area contributed by atoms with Gasteiger partial charge in [0.25, 0.3) is 0 Å². The number of aliphatic hydroxyl groups is 1. The molecule has 3 fully saturated rings. The largest absolute Gasteiger partial charge is 0.459 e. The minimum absolute atomic E-state index is 0.00387. The molecule has 2 N–H and O–H groups in total. The summed E-state index contributed by atoms with van der Waals surface area (Å²) in [5, 5.41) is 13.9. The minimum atomic E-state index is -0.786. The molecule has 43 heavy (non-hydrogen) atoms. The number of allylic oxidation sites excluding steroid dienone is 2. The lowest BCUT2D eigenvalue weighted by Gasteiger charge is -2.39. The van der Waals surface area contributed by atoms with E-state index in [0.717, 1.165) is 17.7 Å². The number of amides is 2. The molecule has 1 unspecified atom stereocenters. The van der Waals surface area contributed by atoms with Crippen molar-refractivity contribution in [3.05, 3.63) is 36.0 Å².